The molecule has 2 nitrogen and oxygen atoms in total. The predicted octanol–water partition coefficient (Wildman–Crippen LogP) is 3.31. The van der Waals surface area contributed by atoms with Crippen molar-refractivity contribution in [3.8, 4) is 0 Å². The van der Waals surface area contributed by atoms with Crippen LogP contribution in [-0.4, -0.2) is 11.0 Å². The van der Waals surface area contributed by atoms with Gasteiger partial charge in [-0.1, -0.05) is 13.8 Å². The molecule has 0 radical (unpaired) electrons. The van der Waals surface area contributed by atoms with Crippen LogP contribution in [0.1, 0.15) is 38.8 Å². The maximum Gasteiger partial charge on any atom is 0.183 e. The summed E-state index contributed by atoms with van der Waals surface area (Å²) in [5.74, 6) is 0.887. The van der Waals surface area contributed by atoms with Crippen LogP contribution >= 0.6 is 11.3 Å². The topological polar surface area (TPSA) is 24.9 Å². The van der Waals surface area contributed by atoms with Crippen molar-refractivity contribution in [3.63, 3.8) is 0 Å². The lowest BCUT2D eigenvalue weighted by Gasteiger charge is -2.10. The van der Waals surface area contributed by atoms with Crippen LogP contribution in [0.3, 0.4) is 0 Å². The lowest BCUT2D eigenvalue weighted by molar-refractivity contribution is 0.602. The van der Waals surface area contributed by atoms with Crippen LogP contribution < -0.4 is 5.32 Å². The first-order valence-electron chi connectivity index (χ1n) is 5.49. The van der Waals surface area contributed by atoms with Gasteiger partial charge in [-0.25, -0.2) is 4.98 Å². The van der Waals surface area contributed by atoms with E-state index in [0.29, 0.717) is 6.04 Å². The minimum Gasteiger partial charge on any atom is -0.359 e. The van der Waals surface area contributed by atoms with E-state index in [1.54, 1.807) is 11.3 Å². The zero-order valence-electron chi connectivity index (χ0n) is 8.92. The largest absolute Gasteiger partial charge is 0.359 e. The van der Waals surface area contributed by atoms with Crippen LogP contribution in [0, 0.1) is 5.92 Å². The number of thiazole rings is 1. The molecule has 0 aromatic carbocycles. The molecule has 1 aliphatic rings. The Labute approximate surface area is 89.8 Å². The van der Waals surface area contributed by atoms with Crippen LogP contribution in [0.15, 0.2) is 5.38 Å². The van der Waals surface area contributed by atoms with Crippen molar-refractivity contribution in [1.29, 1.82) is 0 Å². The van der Waals surface area contributed by atoms with E-state index in [4.69, 9.17) is 0 Å². The molecule has 0 spiro atoms. The number of nitrogens with one attached hydrogen (secondary N) is 1. The van der Waals surface area contributed by atoms with Gasteiger partial charge in [-0.15, -0.1) is 11.3 Å². The predicted molar refractivity (Wildman–Crippen MR) is 61.9 cm³/mol. The number of aryl methyl sites for hydroxylation is 1. The molecular formula is C11H18N2S. The van der Waals surface area contributed by atoms with Gasteiger partial charge >= 0.3 is 0 Å². The molecule has 0 amide bonds. The van der Waals surface area contributed by atoms with Crippen molar-refractivity contribution < 1.29 is 0 Å². The Bertz CT molecular complexity index is 295. The van der Waals surface area contributed by atoms with Crippen molar-refractivity contribution in [3.05, 3.63) is 11.1 Å². The molecule has 0 bridgehead atoms. The van der Waals surface area contributed by atoms with Crippen LogP contribution in [0.2, 0.25) is 0 Å². The van der Waals surface area contributed by atoms with Crippen molar-refractivity contribution in [2.45, 2.75) is 45.6 Å². The quantitative estimate of drug-likeness (QED) is 0.828. The Morgan fingerprint density at radius 1 is 1.57 bits per heavy atom. The van der Waals surface area contributed by atoms with Crippen molar-refractivity contribution >= 4 is 16.5 Å². The summed E-state index contributed by atoms with van der Waals surface area (Å²) in [4.78, 5) is 4.52. The third-order valence-electron chi connectivity index (χ3n) is 2.94. The average Bonchev–Trinajstić information content (AvgIpc) is 2.76. The van der Waals surface area contributed by atoms with Crippen molar-refractivity contribution in [2.75, 3.05) is 5.32 Å². The lowest BCUT2D eigenvalue weighted by Crippen LogP contribution is -2.14. The average molecular weight is 210 g/mol. The Morgan fingerprint density at radius 2 is 2.43 bits per heavy atom. The summed E-state index contributed by atoms with van der Waals surface area (Å²) >= 11 is 1.74. The monoisotopic (exact) mass is 210 g/mol. The van der Waals surface area contributed by atoms with Gasteiger partial charge in [0.05, 0.1) is 5.69 Å². The minimum atomic E-state index is 0.667. The van der Waals surface area contributed by atoms with Crippen LogP contribution in [0.4, 0.5) is 5.13 Å². The molecule has 1 N–H and O–H groups in total. The molecule has 3 heteroatoms. The maximum atomic E-state index is 4.52. The minimum absolute atomic E-state index is 0.667. The highest BCUT2D eigenvalue weighted by molar-refractivity contribution is 7.13. The van der Waals surface area contributed by atoms with E-state index in [0.717, 1.165) is 17.5 Å². The highest BCUT2D eigenvalue weighted by Crippen LogP contribution is 2.28. The number of rotatable bonds is 3. The number of hydrogen-bond donors (Lipinski definition) is 1. The molecule has 2 atom stereocenters. The molecule has 2 rings (SSSR count). The molecule has 0 aliphatic heterocycles. The normalized spacial score (nSPS) is 26.7. The standard InChI is InChI=1S/C11H18N2S/c1-3-9-7-14-11(12-9)13-10-5-4-8(2)6-10/h7-8,10H,3-6H2,1-2H3,(H,12,13). The first-order chi connectivity index (χ1) is 6.78. The van der Waals surface area contributed by atoms with Gasteiger partial charge in [0.25, 0.3) is 0 Å². The Balaban J connectivity index is 1.90. The second kappa shape index (κ2) is 4.30. The second-order valence-electron chi connectivity index (χ2n) is 4.26. The zero-order valence-corrected chi connectivity index (χ0v) is 9.73. The molecule has 2 unspecified atom stereocenters. The molecule has 0 saturated heterocycles. The maximum absolute atomic E-state index is 4.52. The lowest BCUT2D eigenvalue weighted by atomic mass is 10.1. The fourth-order valence-electron chi connectivity index (χ4n) is 2.05. The number of anilines is 1. The number of hydrogen-bond acceptors (Lipinski definition) is 3. The van der Waals surface area contributed by atoms with Gasteiger partial charge in [-0.05, 0) is 31.6 Å². The summed E-state index contributed by atoms with van der Waals surface area (Å²) in [6, 6.07) is 0.667. The van der Waals surface area contributed by atoms with Gasteiger partial charge in [0.2, 0.25) is 0 Å². The third-order valence-corrected chi connectivity index (χ3v) is 3.76. The van der Waals surface area contributed by atoms with E-state index in [1.807, 2.05) is 0 Å². The molecule has 1 saturated carbocycles. The number of aromatic nitrogens is 1. The van der Waals surface area contributed by atoms with E-state index in [-0.39, 0.29) is 0 Å². The molecule has 1 heterocycles. The van der Waals surface area contributed by atoms with Crippen LogP contribution in [0.25, 0.3) is 0 Å². The third kappa shape index (κ3) is 2.27. The summed E-state index contributed by atoms with van der Waals surface area (Å²) in [7, 11) is 0. The summed E-state index contributed by atoms with van der Waals surface area (Å²) in [6.45, 7) is 4.48. The first kappa shape index (κ1) is 9.97. The summed E-state index contributed by atoms with van der Waals surface area (Å²) in [6.07, 6.45) is 5.02. The van der Waals surface area contributed by atoms with Gasteiger partial charge in [0.15, 0.2) is 5.13 Å². The van der Waals surface area contributed by atoms with Crippen LogP contribution in [-0.2, 0) is 6.42 Å². The van der Waals surface area contributed by atoms with Crippen LogP contribution in [0.5, 0.6) is 0 Å². The van der Waals surface area contributed by atoms with E-state index in [9.17, 15) is 0 Å². The molecule has 14 heavy (non-hydrogen) atoms. The SMILES string of the molecule is CCc1csc(NC2CCC(C)C2)n1. The molecular weight excluding hydrogens is 192 g/mol. The van der Waals surface area contributed by atoms with E-state index >= 15 is 0 Å². The summed E-state index contributed by atoms with van der Waals surface area (Å²) in [5.41, 5.74) is 1.21. The summed E-state index contributed by atoms with van der Waals surface area (Å²) < 4.78 is 0. The van der Waals surface area contributed by atoms with Crippen molar-refractivity contribution in [2.24, 2.45) is 5.92 Å². The van der Waals surface area contributed by atoms with E-state index in [2.05, 4.69) is 29.5 Å². The fourth-order valence-corrected chi connectivity index (χ4v) is 2.92. The highest BCUT2D eigenvalue weighted by Gasteiger charge is 2.21. The van der Waals surface area contributed by atoms with Gasteiger partial charge in [-0.2, -0.15) is 0 Å². The Morgan fingerprint density at radius 3 is 3.00 bits per heavy atom. The molecule has 1 aliphatic carbocycles. The molecule has 78 valence electrons. The van der Waals surface area contributed by atoms with Crippen molar-refractivity contribution in [1.82, 2.24) is 4.98 Å². The number of nitrogens with zero attached hydrogens (tertiary/aromatic N) is 1. The second-order valence-corrected chi connectivity index (χ2v) is 5.12. The molecule has 1 fully saturated rings. The smallest absolute Gasteiger partial charge is 0.183 e. The van der Waals surface area contributed by atoms with Gasteiger partial charge < -0.3 is 5.32 Å². The first-order valence-corrected chi connectivity index (χ1v) is 6.37. The Hall–Kier alpha value is -0.570. The van der Waals surface area contributed by atoms with E-state index < -0.39 is 0 Å². The highest BCUT2D eigenvalue weighted by atomic mass is 32.1. The fraction of sp³-hybridized carbons (Fsp3) is 0.727. The van der Waals surface area contributed by atoms with Gasteiger partial charge in [0.1, 0.15) is 0 Å². The van der Waals surface area contributed by atoms with Gasteiger partial charge in [-0.3, -0.25) is 0 Å². The molecule has 1 aromatic heterocycles. The Kier molecular flexibility index (Phi) is 3.06. The van der Waals surface area contributed by atoms with E-state index in [1.165, 1.54) is 25.0 Å². The van der Waals surface area contributed by atoms with Gasteiger partial charge in [0, 0.05) is 11.4 Å². The zero-order chi connectivity index (χ0) is 9.97. The molecule has 1 aromatic rings. The summed E-state index contributed by atoms with van der Waals surface area (Å²) in [5, 5.41) is 6.80.